The van der Waals surface area contributed by atoms with E-state index in [1.54, 1.807) is 6.07 Å². The van der Waals surface area contributed by atoms with Gasteiger partial charge in [-0.25, -0.2) is 0 Å². The van der Waals surface area contributed by atoms with Crippen LogP contribution in [0.3, 0.4) is 0 Å². The summed E-state index contributed by atoms with van der Waals surface area (Å²) >= 11 is 0. The first-order valence-corrected chi connectivity index (χ1v) is 7.63. The highest BCUT2D eigenvalue weighted by Gasteiger charge is 2.37. The van der Waals surface area contributed by atoms with Gasteiger partial charge in [0.25, 0.3) is 5.69 Å². The maximum atomic E-state index is 11.4. The lowest BCUT2D eigenvalue weighted by molar-refractivity contribution is -0.388. The summed E-state index contributed by atoms with van der Waals surface area (Å²) in [4.78, 5) is 10.9. The lowest BCUT2D eigenvalue weighted by Crippen LogP contribution is -2.38. The summed E-state index contributed by atoms with van der Waals surface area (Å²) in [6.45, 7) is 5.21. The highest BCUT2D eigenvalue weighted by Crippen LogP contribution is 2.42. The number of nitro benzene ring substituents is 1. The molecule has 0 atom stereocenters. The molecule has 0 unspecified atom stereocenters. The predicted molar refractivity (Wildman–Crippen MR) is 83.9 cm³/mol. The standard InChI is InChI=1S/C16H23NO6/c1-5-16(6-2)9-22-15(23-10-16)11-7-13(20-3)14(21-4)8-12(11)17(18)19/h7-8,15H,5-6,9-10H2,1-4H3. The molecule has 2 rings (SSSR count). The van der Waals surface area contributed by atoms with Gasteiger partial charge in [0.15, 0.2) is 17.8 Å². The summed E-state index contributed by atoms with van der Waals surface area (Å²) in [5.74, 6) is 0.707. The second kappa shape index (κ2) is 7.14. The van der Waals surface area contributed by atoms with Gasteiger partial charge >= 0.3 is 0 Å². The van der Waals surface area contributed by atoms with Crippen LogP contribution in [0.2, 0.25) is 0 Å². The van der Waals surface area contributed by atoms with Crippen molar-refractivity contribution in [3.05, 3.63) is 27.8 Å². The highest BCUT2D eigenvalue weighted by molar-refractivity contribution is 5.54. The predicted octanol–water partition coefficient (Wildman–Crippen LogP) is 3.46. The zero-order valence-corrected chi connectivity index (χ0v) is 14.0. The summed E-state index contributed by atoms with van der Waals surface area (Å²) in [6, 6.07) is 2.88. The van der Waals surface area contributed by atoms with Gasteiger partial charge in [0.2, 0.25) is 0 Å². The molecule has 1 saturated heterocycles. The van der Waals surface area contributed by atoms with Gasteiger partial charge in [-0.1, -0.05) is 13.8 Å². The molecule has 23 heavy (non-hydrogen) atoms. The van der Waals surface area contributed by atoms with Crippen molar-refractivity contribution < 1.29 is 23.9 Å². The van der Waals surface area contributed by atoms with E-state index >= 15 is 0 Å². The Morgan fingerprint density at radius 2 is 1.70 bits per heavy atom. The molecule has 0 spiro atoms. The van der Waals surface area contributed by atoms with Crippen molar-refractivity contribution in [3.8, 4) is 11.5 Å². The quantitative estimate of drug-likeness (QED) is 0.588. The largest absolute Gasteiger partial charge is 0.493 e. The van der Waals surface area contributed by atoms with E-state index in [9.17, 15) is 10.1 Å². The molecule has 0 bridgehead atoms. The molecular formula is C16H23NO6. The summed E-state index contributed by atoms with van der Waals surface area (Å²) in [7, 11) is 2.92. The number of hydrogen-bond acceptors (Lipinski definition) is 6. The van der Waals surface area contributed by atoms with E-state index in [0.29, 0.717) is 30.3 Å². The van der Waals surface area contributed by atoms with Crippen molar-refractivity contribution in [2.45, 2.75) is 33.0 Å². The third kappa shape index (κ3) is 3.40. The van der Waals surface area contributed by atoms with Gasteiger partial charge in [-0.15, -0.1) is 0 Å². The second-order valence-corrected chi connectivity index (χ2v) is 5.68. The Labute approximate surface area is 135 Å². The minimum atomic E-state index is -0.776. The number of nitrogens with zero attached hydrogens (tertiary/aromatic N) is 1. The molecule has 128 valence electrons. The van der Waals surface area contributed by atoms with Gasteiger partial charge < -0.3 is 18.9 Å². The SMILES string of the molecule is CCC1(CC)COC(c2cc(OC)c(OC)cc2[N+](=O)[O-])OC1. The fourth-order valence-electron chi connectivity index (χ4n) is 2.66. The summed E-state index contributed by atoms with van der Waals surface area (Å²) < 4.78 is 22.0. The minimum absolute atomic E-state index is 0.0260. The molecule has 1 fully saturated rings. The number of methoxy groups -OCH3 is 2. The maximum Gasteiger partial charge on any atom is 0.281 e. The second-order valence-electron chi connectivity index (χ2n) is 5.68. The fraction of sp³-hybridized carbons (Fsp3) is 0.625. The van der Waals surface area contributed by atoms with Gasteiger partial charge in [0.1, 0.15) is 0 Å². The average Bonchev–Trinajstić information content (AvgIpc) is 2.60. The molecule has 0 amide bonds. The van der Waals surface area contributed by atoms with Crippen LogP contribution in [0.4, 0.5) is 5.69 Å². The van der Waals surface area contributed by atoms with E-state index < -0.39 is 11.2 Å². The first-order valence-electron chi connectivity index (χ1n) is 7.63. The van der Waals surface area contributed by atoms with Crippen LogP contribution in [0.5, 0.6) is 11.5 Å². The molecule has 1 aromatic rings. The molecule has 1 heterocycles. The molecule has 0 N–H and O–H groups in total. The van der Waals surface area contributed by atoms with Gasteiger partial charge in [-0.05, 0) is 18.9 Å². The zero-order valence-electron chi connectivity index (χ0n) is 14.0. The smallest absolute Gasteiger partial charge is 0.281 e. The Morgan fingerprint density at radius 1 is 1.17 bits per heavy atom. The Bertz CT molecular complexity index is 560. The topological polar surface area (TPSA) is 80.1 Å². The van der Waals surface area contributed by atoms with Gasteiger partial charge in [0.05, 0.1) is 44.0 Å². The van der Waals surface area contributed by atoms with Crippen LogP contribution in [-0.4, -0.2) is 32.4 Å². The Balaban J connectivity index is 2.34. The lowest BCUT2D eigenvalue weighted by Gasteiger charge is -2.38. The summed E-state index contributed by atoms with van der Waals surface area (Å²) in [6.07, 6.45) is 1.09. The first-order chi connectivity index (χ1) is 11.0. The van der Waals surface area contributed by atoms with Crippen molar-refractivity contribution in [1.29, 1.82) is 0 Å². The molecular weight excluding hydrogens is 302 g/mol. The first kappa shape index (κ1) is 17.5. The number of ether oxygens (including phenoxy) is 4. The van der Waals surface area contributed by atoms with Crippen molar-refractivity contribution in [3.63, 3.8) is 0 Å². The van der Waals surface area contributed by atoms with Crippen LogP contribution in [0.15, 0.2) is 12.1 Å². The van der Waals surface area contributed by atoms with Crippen LogP contribution in [0.1, 0.15) is 38.5 Å². The van der Waals surface area contributed by atoms with E-state index in [2.05, 4.69) is 13.8 Å². The zero-order chi connectivity index (χ0) is 17.0. The van der Waals surface area contributed by atoms with Crippen LogP contribution < -0.4 is 9.47 Å². The molecule has 7 nitrogen and oxygen atoms in total. The van der Waals surface area contributed by atoms with Crippen molar-refractivity contribution in [1.82, 2.24) is 0 Å². The fourth-order valence-corrected chi connectivity index (χ4v) is 2.66. The average molecular weight is 325 g/mol. The molecule has 7 heteroatoms. The van der Waals surface area contributed by atoms with E-state index in [1.807, 2.05) is 0 Å². The summed E-state index contributed by atoms with van der Waals surface area (Å²) in [5.41, 5.74) is 0.212. The van der Waals surface area contributed by atoms with E-state index in [4.69, 9.17) is 18.9 Å². The Kier molecular flexibility index (Phi) is 5.43. The van der Waals surface area contributed by atoms with Crippen molar-refractivity contribution in [2.24, 2.45) is 5.41 Å². The monoisotopic (exact) mass is 325 g/mol. The molecule has 1 aliphatic rings. The highest BCUT2D eigenvalue weighted by atomic mass is 16.7. The molecule has 0 radical (unpaired) electrons. The number of hydrogen-bond donors (Lipinski definition) is 0. The third-order valence-corrected chi connectivity index (χ3v) is 4.57. The normalized spacial score (nSPS) is 17.7. The molecule has 1 aliphatic heterocycles. The van der Waals surface area contributed by atoms with Crippen LogP contribution >= 0.6 is 0 Å². The van der Waals surface area contributed by atoms with Crippen LogP contribution in [0.25, 0.3) is 0 Å². The third-order valence-electron chi connectivity index (χ3n) is 4.57. The summed E-state index contributed by atoms with van der Waals surface area (Å²) in [5, 5.41) is 11.4. The molecule has 1 aromatic carbocycles. The molecule has 0 saturated carbocycles. The minimum Gasteiger partial charge on any atom is -0.493 e. The van der Waals surface area contributed by atoms with Gasteiger partial charge in [-0.2, -0.15) is 0 Å². The molecule has 0 aromatic heterocycles. The van der Waals surface area contributed by atoms with Crippen molar-refractivity contribution >= 4 is 5.69 Å². The number of nitro groups is 1. The number of rotatable bonds is 6. The van der Waals surface area contributed by atoms with Crippen molar-refractivity contribution in [2.75, 3.05) is 27.4 Å². The van der Waals surface area contributed by atoms with Gasteiger partial charge in [0, 0.05) is 5.41 Å². The van der Waals surface area contributed by atoms with Crippen LogP contribution in [0, 0.1) is 15.5 Å². The van der Waals surface area contributed by atoms with E-state index in [0.717, 1.165) is 12.8 Å². The van der Waals surface area contributed by atoms with E-state index in [-0.39, 0.29) is 11.1 Å². The Morgan fingerprint density at radius 3 is 2.13 bits per heavy atom. The van der Waals surface area contributed by atoms with E-state index in [1.165, 1.54) is 20.3 Å². The number of benzene rings is 1. The maximum absolute atomic E-state index is 11.4. The van der Waals surface area contributed by atoms with Crippen LogP contribution in [-0.2, 0) is 9.47 Å². The molecule has 0 aliphatic carbocycles. The van der Waals surface area contributed by atoms with Gasteiger partial charge in [-0.3, -0.25) is 10.1 Å². The Hall–Kier alpha value is -1.86. The lowest BCUT2D eigenvalue weighted by atomic mass is 9.83.